The summed E-state index contributed by atoms with van der Waals surface area (Å²) in [5.41, 5.74) is 3.01. The number of hydrogen-bond donors (Lipinski definition) is 1. The normalized spacial score (nSPS) is 13.1. The maximum atomic E-state index is 12.6. The molecule has 0 spiro atoms. The zero-order valence-corrected chi connectivity index (χ0v) is 16.8. The molecule has 0 bridgehead atoms. The first-order valence-corrected chi connectivity index (χ1v) is 9.66. The number of benzene rings is 2. The van der Waals surface area contributed by atoms with Crippen molar-refractivity contribution in [2.75, 3.05) is 25.2 Å². The van der Waals surface area contributed by atoms with Crippen LogP contribution in [0.1, 0.15) is 15.9 Å². The molecule has 1 N–H and O–H groups in total. The molecular weight excluding hydrogens is 422 g/mol. The summed E-state index contributed by atoms with van der Waals surface area (Å²) in [5, 5.41) is 3.55. The minimum Gasteiger partial charge on any atom is -0.383 e. The zero-order valence-electron chi connectivity index (χ0n) is 15.2. The Morgan fingerprint density at radius 2 is 2.04 bits per heavy atom. The van der Waals surface area contributed by atoms with Gasteiger partial charge in [0.1, 0.15) is 5.82 Å². The number of nitrogens with zero attached hydrogens (tertiary/aromatic N) is 2. The highest BCUT2D eigenvalue weighted by Crippen LogP contribution is 2.35. The molecule has 28 heavy (non-hydrogen) atoms. The summed E-state index contributed by atoms with van der Waals surface area (Å²) in [6.45, 7) is 0.857. The number of anilines is 2. The second-order valence-corrected chi connectivity index (χ2v) is 7.30. The van der Waals surface area contributed by atoms with E-state index < -0.39 is 0 Å². The van der Waals surface area contributed by atoms with Crippen LogP contribution in [-0.4, -0.2) is 37.1 Å². The molecule has 142 valence electrons. The Kier molecular flexibility index (Phi) is 5.11. The second kappa shape index (κ2) is 7.69. The summed E-state index contributed by atoms with van der Waals surface area (Å²) in [6, 6.07) is 14.9. The number of ether oxygens (including phenoxy) is 1. The lowest BCUT2D eigenvalue weighted by atomic mass is 10.1. The predicted molar refractivity (Wildman–Crippen MR) is 111 cm³/mol. The Labute approximate surface area is 170 Å². The number of carbonyl (C=O) groups is 2. The standard InChI is InChI=1S/C21H18BrN3O3/c1-28-11-10-23-21(27)20-14-6-9-18(24-16(14)8-7-15(20)22)25-17-5-3-2-4-13(17)12-19(25)26/h2-9H,10-12H2,1H3,(H,23,27). The largest absolute Gasteiger partial charge is 0.383 e. The maximum absolute atomic E-state index is 12.6. The molecule has 0 fully saturated rings. The van der Waals surface area contributed by atoms with E-state index >= 15 is 0 Å². The average molecular weight is 440 g/mol. The molecule has 1 aromatic heterocycles. The number of hydrogen-bond acceptors (Lipinski definition) is 4. The number of rotatable bonds is 5. The lowest BCUT2D eigenvalue weighted by molar-refractivity contribution is -0.116. The topological polar surface area (TPSA) is 71.5 Å². The maximum Gasteiger partial charge on any atom is 0.253 e. The third-order valence-corrected chi connectivity index (χ3v) is 5.34. The highest BCUT2D eigenvalue weighted by molar-refractivity contribution is 9.10. The Morgan fingerprint density at radius 1 is 1.21 bits per heavy atom. The van der Waals surface area contributed by atoms with Crippen LogP contribution in [0.4, 0.5) is 11.5 Å². The molecule has 2 aromatic carbocycles. The Balaban J connectivity index is 1.74. The molecule has 2 heterocycles. The second-order valence-electron chi connectivity index (χ2n) is 6.44. The van der Waals surface area contributed by atoms with E-state index in [1.807, 2.05) is 36.4 Å². The van der Waals surface area contributed by atoms with Crippen molar-refractivity contribution in [1.29, 1.82) is 0 Å². The number of para-hydroxylation sites is 1. The van der Waals surface area contributed by atoms with E-state index in [2.05, 4.69) is 26.2 Å². The van der Waals surface area contributed by atoms with Gasteiger partial charge >= 0.3 is 0 Å². The average Bonchev–Trinajstić information content (AvgIpc) is 3.03. The molecule has 6 nitrogen and oxygen atoms in total. The van der Waals surface area contributed by atoms with Gasteiger partial charge in [-0.1, -0.05) is 18.2 Å². The van der Waals surface area contributed by atoms with Gasteiger partial charge in [0, 0.05) is 23.5 Å². The zero-order chi connectivity index (χ0) is 19.7. The number of fused-ring (bicyclic) bond motifs is 2. The van der Waals surface area contributed by atoms with Gasteiger partial charge in [-0.25, -0.2) is 4.98 Å². The third-order valence-electron chi connectivity index (χ3n) is 4.68. The molecule has 0 aliphatic carbocycles. The molecule has 0 unspecified atom stereocenters. The van der Waals surface area contributed by atoms with Crippen LogP contribution in [0.25, 0.3) is 10.9 Å². The fourth-order valence-electron chi connectivity index (χ4n) is 3.38. The van der Waals surface area contributed by atoms with Gasteiger partial charge in [-0.2, -0.15) is 0 Å². The van der Waals surface area contributed by atoms with Gasteiger partial charge in [0.05, 0.1) is 29.8 Å². The van der Waals surface area contributed by atoms with Crippen LogP contribution < -0.4 is 10.2 Å². The van der Waals surface area contributed by atoms with Crippen molar-refractivity contribution in [3.63, 3.8) is 0 Å². The van der Waals surface area contributed by atoms with E-state index in [4.69, 9.17) is 4.74 Å². The van der Waals surface area contributed by atoms with Gasteiger partial charge in [0.25, 0.3) is 5.91 Å². The predicted octanol–water partition coefficient (Wildman–Crippen LogP) is 3.59. The number of pyridine rings is 1. The SMILES string of the molecule is COCCNC(=O)c1c(Br)ccc2nc(N3C(=O)Cc4ccccc43)ccc12. The first-order valence-electron chi connectivity index (χ1n) is 8.87. The summed E-state index contributed by atoms with van der Waals surface area (Å²) in [5.74, 6) is 0.338. The van der Waals surface area contributed by atoms with Gasteiger partial charge < -0.3 is 10.1 Å². The van der Waals surface area contributed by atoms with Crippen molar-refractivity contribution in [2.24, 2.45) is 0 Å². The summed E-state index contributed by atoms with van der Waals surface area (Å²) in [7, 11) is 1.59. The van der Waals surface area contributed by atoms with E-state index in [-0.39, 0.29) is 11.8 Å². The molecule has 0 saturated carbocycles. The number of halogens is 1. The van der Waals surface area contributed by atoms with Crippen LogP contribution in [0, 0.1) is 0 Å². The number of methoxy groups -OCH3 is 1. The van der Waals surface area contributed by atoms with Crippen LogP contribution in [0.2, 0.25) is 0 Å². The monoisotopic (exact) mass is 439 g/mol. The van der Waals surface area contributed by atoms with Crippen molar-refractivity contribution in [2.45, 2.75) is 6.42 Å². The summed E-state index contributed by atoms with van der Waals surface area (Å²) in [6.07, 6.45) is 0.364. The van der Waals surface area contributed by atoms with E-state index in [1.54, 1.807) is 24.1 Å². The molecule has 0 radical (unpaired) electrons. The number of aromatic nitrogens is 1. The van der Waals surface area contributed by atoms with Crippen molar-refractivity contribution in [3.8, 4) is 0 Å². The summed E-state index contributed by atoms with van der Waals surface area (Å²) in [4.78, 5) is 31.5. The number of amides is 2. The molecule has 1 aliphatic rings. The van der Waals surface area contributed by atoms with Gasteiger partial charge in [0.2, 0.25) is 5.91 Å². The van der Waals surface area contributed by atoms with Crippen molar-refractivity contribution >= 4 is 50.2 Å². The summed E-state index contributed by atoms with van der Waals surface area (Å²) < 4.78 is 5.67. The molecule has 1 aliphatic heterocycles. The highest BCUT2D eigenvalue weighted by atomic mass is 79.9. The minimum absolute atomic E-state index is 0.0114. The van der Waals surface area contributed by atoms with E-state index in [0.717, 1.165) is 11.3 Å². The van der Waals surface area contributed by atoms with Gasteiger partial charge in [-0.05, 0) is 51.8 Å². The molecule has 3 aromatic rings. The Hall–Kier alpha value is -2.77. The first kappa shape index (κ1) is 18.6. The van der Waals surface area contributed by atoms with Crippen molar-refractivity contribution in [1.82, 2.24) is 10.3 Å². The highest BCUT2D eigenvalue weighted by Gasteiger charge is 2.29. The smallest absolute Gasteiger partial charge is 0.253 e. The van der Waals surface area contributed by atoms with E-state index in [0.29, 0.717) is 46.3 Å². The number of nitrogens with one attached hydrogen (secondary N) is 1. The van der Waals surface area contributed by atoms with Gasteiger partial charge in [-0.3, -0.25) is 14.5 Å². The summed E-state index contributed by atoms with van der Waals surface area (Å²) >= 11 is 3.46. The van der Waals surface area contributed by atoms with Crippen molar-refractivity contribution in [3.05, 3.63) is 64.1 Å². The van der Waals surface area contributed by atoms with Crippen LogP contribution in [0.5, 0.6) is 0 Å². The van der Waals surface area contributed by atoms with Crippen LogP contribution in [0.15, 0.2) is 53.0 Å². The quantitative estimate of drug-likeness (QED) is 0.616. The first-order chi connectivity index (χ1) is 13.6. The van der Waals surface area contributed by atoms with Gasteiger partial charge in [0.15, 0.2) is 0 Å². The fraction of sp³-hybridized carbons (Fsp3) is 0.190. The molecule has 0 saturated heterocycles. The van der Waals surface area contributed by atoms with E-state index in [9.17, 15) is 9.59 Å². The van der Waals surface area contributed by atoms with Crippen LogP contribution in [0.3, 0.4) is 0 Å². The minimum atomic E-state index is -0.202. The lowest BCUT2D eigenvalue weighted by Crippen LogP contribution is -2.27. The lowest BCUT2D eigenvalue weighted by Gasteiger charge is -2.17. The molecule has 2 amide bonds. The van der Waals surface area contributed by atoms with Crippen LogP contribution >= 0.6 is 15.9 Å². The third kappa shape index (κ3) is 3.27. The van der Waals surface area contributed by atoms with Crippen LogP contribution in [-0.2, 0) is 16.0 Å². The Morgan fingerprint density at radius 3 is 2.86 bits per heavy atom. The molecular formula is C21H18BrN3O3. The van der Waals surface area contributed by atoms with Crippen molar-refractivity contribution < 1.29 is 14.3 Å². The van der Waals surface area contributed by atoms with Gasteiger partial charge in [-0.15, -0.1) is 0 Å². The molecule has 4 rings (SSSR count). The fourth-order valence-corrected chi connectivity index (χ4v) is 3.91. The molecule has 0 atom stereocenters. The Bertz CT molecular complexity index is 1080. The number of carbonyl (C=O) groups excluding carboxylic acids is 2. The van der Waals surface area contributed by atoms with E-state index in [1.165, 1.54) is 0 Å². The molecule has 7 heteroatoms.